The van der Waals surface area contributed by atoms with Crippen molar-refractivity contribution in [2.75, 3.05) is 0 Å². The van der Waals surface area contributed by atoms with E-state index in [1.807, 2.05) is 66.9 Å². The molecule has 134 valence electrons. The maximum atomic E-state index is 12.3. The van der Waals surface area contributed by atoms with Crippen molar-refractivity contribution in [2.24, 2.45) is 5.16 Å². The molecule has 0 unspecified atom stereocenters. The lowest BCUT2D eigenvalue weighted by molar-refractivity contribution is -0.136. The van der Waals surface area contributed by atoms with Crippen molar-refractivity contribution in [3.8, 4) is 0 Å². The maximum absolute atomic E-state index is 12.3. The van der Waals surface area contributed by atoms with E-state index in [1.165, 1.54) is 0 Å². The Labute approximate surface area is 161 Å². The topological polar surface area (TPSA) is 43.6 Å². The number of nitrogens with zero attached hydrogens (tertiary/aromatic N) is 2. The molecule has 0 N–H and O–H groups in total. The van der Waals surface area contributed by atoms with Gasteiger partial charge in [0.15, 0.2) is 0 Å². The van der Waals surface area contributed by atoms with Crippen LogP contribution >= 0.6 is 0 Å². The minimum absolute atomic E-state index is 0.438. The van der Waals surface area contributed by atoms with Crippen molar-refractivity contribution >= 4 is 45.8 Å². The van der Waals surface area contributed by atoms with Gasteiger partial charge in [-0.2, -0.15) is 0 Å². The molecule has 28 heavy (non-hydrogen) atoms. The first kappa shape index (κ1) is 16.3. The van der Waals surface area contributed by atoms with Crippen LogP contribution in [0.4, 0.5) is 0 Å². The molecule has 0 radical (unpaired) electrons. The standard InChI is InChI=1S/C24H16N2O2/c1-2-26-21-11-7-6-10-18(21)19-14-16(12-13-22(19)26)15-20-23(25-28-24(20)27)17-8-4-3-5-9-17/h2-15H,1H2/b20-15-. The first-order chi connectivity index (χ1) is 13.8. The lowest BCUT2D eigenvalue weighted by Crippen LogP contribution is -2.06. The molecule has 1 aromatic heterocycles. The Morgan fingerprint density at radius 2 is 1.64 bits per heavy atom. The molecule has 2 heterocycles. The third kappa shape index (κ3) is 2.47. The van der Waals surface area contributed by atoms with Crippen LogP contribution in [0.1, 0.15) is 11.1 Å². The van der Waals surface area contributed by atoms with Gasteiger partial charge < -0.3 is 9.40 Å². The van der Waals surface area contributed by atoms with E-state index in [2.05, 4.69) is 34.5 Å². The van der Waals surface area contributed by atoms with Gasteiger partial charge >= 0.3 is 5.97 Å². The average molecular weight is 364 g/mol. The van der Waals surface area contributed by atoms with Gasteiger partial charge in [0.1, 0.15) is 5.71 Å². The zero-order valence-electron chi connectivity index (χ0n) is 15.0. The molecule has 0 atom stereocenters. The summed E-state index contributed by atoms with van der Waals surface area (Å²) in [4.78, 5) is 17.2. The molecule has 0 spiro atoms. The number of para-hydroxylation sites is 1. The summed E-state index contributed by atoms with van der Waals surface area (Å²) < 4.78 is 2.07. The highest BCUT2D eigenvalue weighted by Gasteiger charge is 2.26. The maximum Gasteiger partial charge on any atom is 0.368 e. The predicted molar refractivity (Wildman–Crippen MR) is 113 cm³/mol. The van der Waals surface area contributed by atoms with Crippen LogP contribution in [0.5, 0.6) is 0 Å². The fraction of sp³-hybridized carbons (Fsp3) is 0. The van der Waals surface area contributed by atoms with Crippen molar-refractivity contribution in [1.82, 2.24) is 4.57 Å². The largest absolute Gasteiger partial charge is 0.368 e. The summed E-state index contributed by atoms with van der Waals surface area (Å²) in [7, 11) is 0. The Hall–Kier alpha value is -3.92. The third-order valence-corrected chi connectivity index (χ3v) is 4.97. The van der Waals surface area contributed by atoms with E-state index in [9.17, 15) is 4.79 Å². The van der Waals surface area contributed by atoms with Crippen LogP contribution in [0.3, 0.4) is 0 Å². The molecule has 1 aliphatic heterocycles. The van der Waals surface area contributed by atoms with Gasteiger partial charge in [-0.3, -0.25) is 0 Å². The van der Waals surface area contributed by atoms with Crippen LogP contribution in [-0.2, 0) is 9.63 Å². The monoisotopic (exact) mass is 364 g/mol. The van der Waals surface area contributed by atoms with Crippen molar-refractivity contribution in [2.45, 2.75) is 0 Å². The molecule has 0 aliphatic carbocycles. The minimum Gasteiger partial charge on any atom is -0.317 e. The van der Waals surface area contributed by atoms with Crippen LogP contribution in [0.15, 0.2) is 90.1 Å². The number of rotatable bonds is 3. The van der Waals surface area contributed by atoms with Crippen LogP contribution in [0.25, 0.3) is 34.1 Å². The molecular formula is C24H16N2O2. The number of carbonyl (C=O) groups is 1. The van der Waals surface area contributed by atoms with Crippen molar-refractivity contribution in [1.29, 1.82) is 0 Å². The van der Waals surface area contributed by atoms with Gasteiger partial charge in [-0.05, 0) is 29.8 Å². The smallest absolute Gasteiger partial charge is 0.317 e. The third-order valence-electron chi connectivity index (χ3n) is 4.97. The Bertz CT molecular complexity index is 1310. The lowest BCUT2D eigenvalue weighted by atomic mass is 10.00. The molecule has 4 nitrogen and oxygen atoms in total. The van der Waals surface area contributed by atoms with Crippen LogP contribution in [0.2, 0.25) is 0 Å². The molecule has 0 saturated carbocycles. The second-order valence-corrected chi connectivity index (χ2v) is 6.59. The quantitative estimate of drug-likeness (QED) is 0.369. The van der Waals surface area contributed by atoms with Crippen molar-refractivity contribution < 1.29 is 9.63 Å². The summed E-state index contributed by atoms with van der Waals surface area (Å²) in [6.07, 6.45) is 3.65. The fourth-order valence-corrected chi connectivity index (χ4v) is 3.69. The lowest BCUT2D eigenvalue weighted by Gasteiger charge is -2.02. The molecule has 0 saturated heterocycles. The number of hydrogen-bond donors (Lipinski definition) is 0. The van der Waals surface area contributed by atoms with Crippen LogP contribution < -0.4 is 0 Å². The summed E-state index contributed by atoms with van der Waals surface area (Å²) in [6, 6.07) is 23.9. The van der Waals surface area contributed by atoms with E-state index in [0.29, 0.717) is 11.3 Å². The van der Waals surface area contributed by atoms with Gasteiger partial charge in [-0.25, -0.2) is 4.79 Å². The summed E-state index contributed by atoms with van der Waals surface area (Å²) in [5.41, 5.74) is 4.95. The molecule has 1 aliphatic rings. The van der Waals surface area contributed by atoms with E-state index in [4.69, 9.17) is 4.84 Å². The number of fused-ring (bicyclic) bond motifs is 3. The molecule has 4 aromatic rings. The summed E-state index contributed by atoms with van der Waals surface area (Å²) in [5, 5.41) is 6.22. The number of oxime groups is 1. The van der Waals surface area contributed by atoms with Crippen molar-refractivity contribution in [3.05, 3.63) is 96.1 Å². The SMILES string of the molecule is C=Cn1c2ccccc2c2cc(/C=C3\C(=O)ON=C3c3ccccc3)ccc21. The van der Waals surface area contributed by atoms with Gasteiger partial charge in [0.05, 0.1) is 16.6 Å². The average Bonchev–Trinajstić information content (AvgIpc) is 3.26. The Morgan fingerprint density at radius 3 is 2.46 bits per heavy atom. The van der Waals surface area contributed by atoms with E-state index < -0.39 is 5.97 Å². The van der Waals surface area contributed by atoms with E-state index in [0.717, 1.165) is 32.9 Å². The number of hydrogen-bond acceptors (Lipinski definition) is 3. The number of aromatic nitrogens is 1. The van der Waals surface area contributed by atoms with Crippen LogP contribution in [-0.4, -0.2) is 16.2 Å². The summed E-state index contributed by atoms with van der Waals surface area (Å²) >= 11 is 0. The Morgan fingerprint density at radius 1 is 0.893 bits per heavy atom. The Kier molecular flexibility index (Phi) is 3.69. The van der Waals surface area contributed by atoms with Gasteiger partial charge in [-0.1, -0.05) is 66.3 Å². The van der Waals surface area contributed by atoms with Crippen LogP contribution in [0, 0.1) is 0 Å². The molecule has 5 rings (SSSR count). The van der Waals surface area contributed by atoms with E-state index in [1.54, 1.807) is 0 Å². The predicted octanol–water partition coefficient (Wildman–Crippen LogP) is 5.24. The molecule has 0 fully saturated rings. The first-order valence-corrected chi connectivity index (χ1v) is 8.98. The van der Waals surface area contributed by atoms with Gasteiger partial charge in [-0.15, -0.1) is 0 Å². The van der Waals surface area contributed by atoms with Gasteiger partial charge in [0.2, 0.25) is 0 Å². The van der Waals surface area contributed by atoms with E-state index >= 15 is 0 Å². The molecule has 4 heteroatoms. The molecule has 0 bridgehead atoms. The van der Waals surface area contributed by atoms with Crippen molar-refractivity contribution in [3.63, 3.8) is 0 Å². The first-order valence-electron chi connectivity index (χ1n) is 8.98. The zero-order chi connectivity index (χ0) is 19.1. The summed E-state index contributed by atoms with van der Waals surface area (Å²) in [5.74, 6) is -0.438. The zero-order valence-corrected chi connectivity index (χ0v) is 15.0. The highest BCUT2D eigenvalue weighted by Crippen LogP contribution is 2.31. The van der Waals surface area contributed by atoms with Gasteiger partial charge in [0.25, 0.3) is 0 Å². The fourth-order valence-electron chi connectivity index (χ4n) is 3.69. The molecule has 0 amide bonds. The number of carbonyl (C=O) groups excluding carboxylic acids is 1. The number of benzene rings is 3. The second kappa shape index (κ2) is 6.35. The summed E-state index contributed by atoms with van der Waals surface area (Å²) in [6.45, 7) is 3.94. The van der Waals surface area contributed by atoms with E-state index in [-0.39, 0.29) is 0 Å². The highest BCUT2D eigenvalue weighted by atomic mass is 16.7. The highest BCUT2D eigenvalue weighted by molar-refractivity contribution is 6.31. The molecular weight excluding hydrogens is 348 g/mol. The second-order valence-electron chi connectivity index (χ2n) is 6.59. The molecule has 3 aromatic carbocycles. The Balaban J connectivity index is 1.67. The van der Waals surface area contributed by atoms with Gasteiger partial charge in [0, 0.05) is 22.5 Å². The normalized spacial score (nSPS) is 15.2. The minimum atomic E-state index is -0.438.